The topological polar surface area (TPSA) is 9.23 Å². The molecule has 3 heteroatoms. The fourth-order valence-corrected chi connectivity index (χ4v) is 3.79. The summed E-state index contributed by atoms with van der Waals surface area (Å²) < 4.78 is 5.53. The molecule has 1 atom stereocenters. The summed E-state index contributed by atoms with van der Waals surface area (Å²) in [6.07, 6.45) is 2.09. The normalized spacial score (nSPS) is 12.3. The maximum atomic E-state index is 6.21. The second-order valence-corrected chi connectivity index (χ2v) is 5.75. The summed E-state index contributed by atoms with van der Waals surface area (Å²) in [7, 11) is 2.12. The zero-order valence-electron chi connectivity index (χ0n) is 10.4. The van der Waals surface area contributed by atoms with E-state index in [2.05, 4.69) is 39.0 Å². The summed E-state index contributed by atoms with van der Waals surface area (Å²) >= 11 is 6.21. The van der Waals surface area contributed by atoms with E-state index in [-0.39, 0.29) is 5.16 Å². The van der Waals surface area contributed by atoms with Crippen LogP contribution < -0.4 is 4.74 Å². The first-order chi connectivity index (χ1) is 7.65. The van der Waals surface area contributed by atoms with E-state index in [4.69, 9.17) is 16.0 Å². The highest BCUT2D eigenvalue weighted by atomic mass is 35.7. The van der Waals surface area contributed by atoms with E-state index >= 15 is 0 Å². The molecule has 0 aliphatic carbocycles. The second-order valence-electron chi connectivity index (χ2n) is 4.04. The molecule has 90 valence electrons. The van der Waals surface area contributed by atoms with Crippen molar-refractivity contribution in [1.82, 2.24) is 0 Å². The summed E-state index contributed by atoms with van der Waals surface area (Å²) in [6.45, 7) is 6.47. The van der Waals surface area contributed by atoms with E-state index < -0.39 is 0 Å². The first-order valence-corrected chi connectivity index (χ1v) is 7.68. The van der Waals surface area contributed by atoms with Crippen molar-refractivity contribution in [3.8, 4) is 5.75 Å². The summed E-state index contributed by atoms with van der Waals surface area (Å²) in [5.74, 6) is 0.999. The second kappa shape index (κ2) is 5.89. The van der Waals surface area contributed by atoms with Crippen LogP contribution in [0.5, 0.6) is 5.75 Å². The Kier molecular flexibility index (Phi) is 5.08. The Morgan fingerprint density at radius 1 is 1.31 bits per heavy atom. The number of hydrogen-bond donors (Lipinski definition) is 0. The lowest BCUT2D eigenvalue weighted by atomic mass is 9.90. The number of ether oxygens (including phenoxy) is 1. The Labute approximate surface area is 105 Å². The standard InChI is InChI=1S/C13H20ClOP/c1-5-13(6-2,16-14)11-9-7-8-10(3)12(11)15-4/h7-9,16H,5-6H2,1-4H3. The van der Waals surface area contributed by atoms with Gasteiger partial charge in [-0.3, -0.25) is 0 Å². The van der Waals surface area contributed by atoms with Crippen molar-refractivity contribution >= 4 is 19.2 Å². The largest absolute Gasteiger partial charge is 0.496 e. The molecule has 0 saturated heterocycles. The molecular formula is C13H20ClOP. The molecule has 0 N–H and O–H groups in total. The lowest BCUT2D eigenvalue weighted by molar-refractivity contribution is 0.396. The molecule has 1 unspecified atom stereocenters. The van der Waals surface area contributed by atoms with Gasteiger partial charge < -0.3 is 4.74 Å². The molecule has 16 heavy (non-hydrogen) atoms. The molecule has 1 rings (SSSR count). The Bertz CT molecular complexity index is 340. The Morgan fingerprint density at radius 2 is 1.94 bits per heavy atom. The predicted molar refractivity (Wildman–Crippen MR) is 74.2 cm³/mol. The van der Waals surface area contributed by atoms with Crippen LogP contribution in [0.4, 0.5) is 0 Å². The van der Waals surface area contributed by atoms with Gasteiger partial charge in [-0.05, 0) is 33.3 Å². The Hall–Kier alpha value is -0.260. The summed E-state index contributed by atoms with van der Waals surface area (Å²) in [5, 5.41) is 0.0684. The first kappa shape index (κ1) is 13.8. The fourth-order valence-electron chi connectivity index (χ4n) is 2.12. The molecule has 0 aliphatic heterocycles. The van der Waals surface area contributed by atoms with Crippen LogP contribution in [0, 0.1) is 6.92 Å². The quantitative estimate of drug-likeness (QED) is 0.686. The number of methoxy groups -OCH3 is 1. The van der Waals surface area contributed by atoms with Crippen molar-refractivity contribution < 1.29 is 4.74 Å². The molecule has 0 fully saturated rings. The Balaban J connectivity index is 3.34. The molecule has 0 aromatic heterocycles. The SMILES string of the molecule is CCC(CC)(PCl)c1cccc(C)c1OC. The minimum absolute atomic E-state index is 0.0684. The molecule has 0 spiro atoms. The number of benzene rings is 1. The van der Waals surface area contributed by atoms with Gasteiger partial charge in [-0.1, -0.05) is 43.3 Å². The number of aryl methyl sites for hydroxylation is 1. The third-order valence-corrected chi connectivity index (χ3v) is 5.74. The molecule has 1 aromatic rings. The maximum absolute atomic E-state index is 6.21. The van der Waals surface area contributed by atoms with Gasteiger partial charge >= 0.3 is 0 Å². The molecule has 1 aromatic carbocycles. The van der Waals surface area contributed by atoms with Crippen LogP contribution in [0.3, 0.4) is 0 Å². The van der Waals surface area contributed by atoms with E-state index in [9.17, 15) is 0 Å². The highest BCUT2D eigenvalue weighted by molar-refractivity contribution is 7.69. The van der Waals surface area contributed by atoms with Crippen molar-refractivity contribution in [2.75, 3.05) is 7.11 Å². The van der Waals surface area contributed by atoms with Crippen LogP contribution in [0.15, 0.2) is 18.2 Å². The molecule has 1 nitrogen and oxygen atoms in total. The van der Waals surface area contributed by atoms with Gasteiger partial charge in [0.15, 0.2) is 0 Å². The van der Waals surface area contributed by atoms with Crippen LogP contribution in [0.25, 0.3) is 0 Å². The van der Waals surface area contributed by atoms with Crippen LogP contribution in [-0.2, 0) is 5.16 Å². The third-order valence-electron chi connectivity index (χ3n) is 3.32. The van der Waals surface area contributed by atoms with Crippen LogP contribution >= 0.6 is 19.2 Å². The highest BCUT2D eigenvalue weighted by Crippen LogP contribution is 2.52. The van der Waals surface area contributed by atoms with Gasteiger partial charge in [0, 0.05) is 10.7 Å². The monoisotopic (exact) mass is 258 g/mol. The number of hydrogen-bond acceptors (Lipinski definition) is 1. The van der Waals surface area contributed by atoms with E-state index in [1.807, 2.05) is 0 Å². The average molecular weight is 259 g/mol. The van der Waals surface area contributed by atoms with Gasteiger partial charge in [-0.2, -0.15) is 0 Å². The fraction of sp³-hybridized carbons (Fsp3) is 0.538. The van der Waals surface area contributed by atoms with Gasteiger partial charge in [0.25, 0.3) is 0 Å². The molecular weight excluding hydrogens is 239 g/mol. The third kappa shape index (κ3) is 2.36. The Morgan fingerprint density at radius 3 is 2.38 bits per heavy atom. The molecule has 0 aliphatic rings. The van der Waals surface area contributed by atoms with E-state index in [1.165, 1.54) is 11.1 Å². The maximum Gasteiger partial charge on any atom is 0.125 e. The van der Waals surface area contributed by atoms with E-state index in [0.29, 0.717) is 7.93 Å². The summed E-state index contributed by atoms with van der Waals surface area (Å²) in [5.41, 5.74) is 2.44. The minimum atomic E-state index is 0.0684. The molecule has 0 radical (unpaired) electrons. The zero-order valence-corrected chi connectivity index (χ0v) is 12.2. The molecule has 0 saturated carbocycles. The van der Waals surface area contributed by atoms with Crippen molar-refractivity contribution in [3.05, 3.63) is 29.3 Å². The number of para-hydroxylation sites is 1. The van der Waals surface area contributed by atoms with E-state index in [0.717, 1.165) is 18.6 Å². The highest BCUT2D eigenvalue weighted by Gasteiger charge is 2.31. The van der Waals surface area contributed by atoms with E-state index in [1.54, 1.807) is 7.11 Å². The van der Waals surface area contributed by atoms with Crippen LogP contribution in [-0.4, -0.2) is 7.11 Å². The van der Waals surface area contributed by atoms with Gasteiger partial charge in [-0.25, -0.2) is 0 Å². The summed E-state index contributed by atoms with van der Waals surface area (Å²) in [6, 6.07) is 6.31. The smallest absolute Gasteiger partial charge is 0.125 e. The number of halogens is 1. The minimum Gasteiger partial charge on any atom is -0.496 e. The lowest BCUT2D eigenvalue weighted by Gasteiger charge is -2.31. The van der Waals surface area contributed by atoms with Gasteiger partial charge in [0.2, 0.25) is 0 Å². The van der Waals surface area contributed by atoms with Crippen LogP contribution in [0.1, 0.15) is 37.8 Å². The van der Waals surface area contributed by atoms with Gasteiger partial charge in [-0.15, -0.1) is 0 Å². The van der Waals surface area contributed by atoms with Gasteiger partial charge in [0.05, 0.1) is 7.11 Å². The predicted octanol–water partition coefficient (Wildman–Crippen LogP) is 4.85. The van der Waals surface area contributed by atoms with Crippen molar-refractivity contribution in [3.63, 3.8) is 0 Å². The lowest BCUT2D eigenvalue weighted by Crippen LogP contribution is -2.18. The average Bonchev–Trinajstić information content (AvgIpc) is 2.32. The molecule has 0 heterocycles. The molecule has 0 amide bonds. The molecule has 0 bridgehead atoms. The number of rotatable bonds is 5. The zero-order chi connectivity index (χ0) is 12.2. The first-order valence-electron chi connectivity index (χ1n) is 5.67. The van der Waals surface area contributed by atoms with Gasteiger partial charge in [0.1, 0.15) is 5.75 Å². The van der Waals surface area contributed by atoms with Crippen LogP contribution in [0.2, 0.25) is 0 Å². The van der Waals surface area contributed by atoms with Crippen molar-refractivity contribution in [2.24, 2.45) is 0 Å². The van der Waals surface area contributed by atoms with Crippen molar-refractivity contribution in [2.45, 2.75) is 38.8 Å². The summed E-state index contributed by atoms with van der Waals surface area (Å²) in [4.78, 5) is 0. The van der Waals surface area contributed by atoms with Crippen molar-refractivity contribution in [1.29, 1.82) is 0 Å².